The lowest BCUT2D eigenvalue weighted by molar-refractivity contribution is -0.131. The predicted molar refractivity (Wildman–Crippen MR) is 131 cm³/mol. The highest BCUT2D eigenvalue weighted by molar-refractivity contribution is 6.03. The van der Waals surface area contributed by atoms with E-state index in [1.54, 1.807) is 19.2 Å². The van der Waals surface area contributed by atoms with E-state index >= 15 is 0 Å². The largest absolute Gasteiger partial charge is 0.497 e. The number of carbonyl (C=O) groups is 1. The molecule has 1 heterocycles. The van der Waals surface area contributed by atoms with Crippen molar-refractivity contribution >= 4 is 17.3 Å². The minimum Gasteiger partial charge on any atom is -0.497 e. The maximum Gasteiger partial charge on any atom is 0.262 e. The topological polar surface area (TPSA) is 63.2 Å². The molecular formula is C27H29N3O3. The van der Waals surface area contributed by atoms with Crippen LogP contribution in [-0.2, 0) is 9.53 Å². The molecule has 3 aromatic carbocycles. The fourth-order valence-electron chi connectivity index (χ4n) is 3.93. The zero-order valence-electron chi connectivity index (χ0n) is 19.2. The van der Waals surface area contributed by atoms with Gasteiger partial charge >= 0.3 is 0 Å². The maximum atomic E-state index is 13.3. The van der Waals surface area contributed by atoms with E-state index in [-0.39, 0.29) is 24.6 Å². The molecule has 0 saturated carbocycles. The molecule has 0 bridgehead atoms. The average Bonchev–Trinajstić information content (AvgIpc) is 3.33. The van der Waals surface area contributed by atoms with E-state index < -0.39 is 0 Å². The van der Waals surface area contributed by atoms with Crippen LogP contribution in [0, 0.1) is 0 Å². The first-order valence-electron chi connectivity index (χ1n) is 11.0. The van der Waals surface area contributed by atoms with Crippen molar-refractivity contribution in [3.05, 3.63) is 95.6 Å². The molecule has 170 valence electrons. The summed E-state index contributed by atoms with van der Waals surface area (Å²) in [6, 6.07) is 25.6. The van der Waals surface area contributed by atoms with Crippen LogP contribution >= 0.6 is 0 Å². The fourth-order valence-corrected chi connectivity index (χ4v) is 3.93. The zero-order chi connectivity index (χ0) is 23.2. The number of benzene rings is 3. The van der Waals surface area contributed by atoms with E-state index in [0.717, 1.165) is 33.8 Å². The number of rotatable bonds is 8. The lowest BCUT2D eigenvalue weighted by Gasteiger charge is -2.23. The molecule has 0 aliphatic carbocycles. The Morgan fingerprint density at radius 1 is 1.06 bits per heavy atom. The first-order chi connectivity index (χ1) is 16.1. The monoisotopic (exact) mass is 443 g/mol. The van der Waals surface area contributed by atoms with Crippen LogP contribution in [0.1, 0.15) is 42.2 Å². The third-order valence-corrected chi connectivity index (χ3v) is 5.93. The van der Waals surface area contributed by atoms with Gasteiger partial charge in [-0.3, -0.25) is 4.79 Å². The lowest BCUT2D eigenvalue weighted by atomic mass is 9.98. The molecule has 2 unspecified atom stereocenters. The molecule has 4 rings (SSSR count). The standard InChI is InChI=1S/C27H29N3O3/c1-19(32-2)22-10-7-11-23(16-22)28-18-27(31)30-26(21-12-14-24(33-3)15-13-21)17-25(29-30)20-8-5-4-6-9-20/h4-16,19,26,28H,17-18H2,1-3H3. The number of hydrazone groups is 1. The van der Waals surface area contributed by atoms with Gasteiger partial charge in [0.25, 0.3) is 5.91 Å². The van der Waals surface area contributed by atoms with E-state index in [2.05, 4.69) is 5.32 Å². The van der Waals surface area contributed by atoms with Gasteiger partial charge in [0.1, 0.15) is 5.75 Å². The van der Waals surface area contributed by atoms with E-state index in [1.165, 1.54) is 0 Å². The molecule has 6 heteroatoms. The van der Waals surface area contributed by atoms with Gasteiger partial charge < -0.3 is 14.8 Å². The van der Waals surface area contributed by atoms with Gasteiger partial charge in [-0.05, 0) is 47.9 Å². The first-order valence-corrected chi connectivity index (χ1v) is 11.0. The molecule has 1 N–H and O–H groups in total. The summed E-state index contributed by atoms with van der Waals surface area (Å²) in [5, 5.41) is 9.60. The van der Waals surface area contributed by atoms with Crippen molar-refractivity contribution in [2.24, 2.45) is 5.10 Å². The van der Waals surface area contributed by atoms with Gasteiger partial charge in [0.2, 0.25) is 0 Å². The number of hydrogen-bond acceptors (Lipinski definition) is 5. The van der Waals surface area contributed by atoms with Gasteiger partial charge in [-0.2, -0.15) is 5.10 Å². The van der Waals surface area contributed by atoms with E-state index in [0.29, 0.717) is 6.42 Å². The minimum atomic E-state index is -0.166. The van der Waals surface area contributed by atoms with Crippen molar-refractivity contribution in [2.45, 2.75) is 25.5 Å². The third-order valence-electron chi connectivity index (χ3n) is 5.93. The molecule has 1 aliphatic heterocycles. The molecule has 6 nitrogen and oxygen atoms in total. The van der Waals surface area contributed by atoms with Crippen LogP contribution in [0.2, 0.25) is 0 Å². The molecule has 1 aliphatic rings. The summed E-state index contributed by atoms with van der Waals surface area (Å²) >= 11 is 0. The smallest absolute Gasteiger partial charge is 0.262 e. The van der Waals surface area contributed by atoms with Gasteiger partial charge in [-0.25, -0.2) is 5.01 Å². The average molecular weight is 444 g/mol. The summed E-state index contributed by atoms with van der Waals surface area (Å²) in [4.78, 5) is 13.3. The molecule has 1 amide bonds. The number of ether oxygens (including phenoxy) is 2. The summed E-state index contributed by atoms with van der Waals surface area (Å²) in [7, 11) is 3.33. The lowest BCUT2D eigenvalue weighted by Crippen LogP contribution is -2.32. The number of nitrogens with one attached hydrogen (secondary N) is 1. The Morgan fingerprint density at radius 3 is 2.52 bits per heavy atom. The predicted octanol–water partition coefficient (Wildman–Crippen LogP) is 5.19. The normalized spacial score (nSPS) is 16.3. The second-order valence-corrected chi connectivity index (χ2v) is 8.00. The number of anilines is 1. The molecule has 0 saturated heterocycles. The molecular weight excluding hydrogens is 414 g/mol. The summed E-state index contributed by atoms with van der Waals surface area (Å²) in [6.45, 7) is 2.14. The van der Waals surface area contributed by atoms with Crippen LogP contribution in [-0.4, -0.2) is 37.4 Å². The summed E-state index contributed by atoms with van der Waals surface area (Å²) in [5.41, 5.74) is 4.88. The molecule has 0 fully saturated rings. The van der Waals surface area contributed by atoms with E-state index in [4.69, 9.17) is 14.6 Å². The summed E-state index contributed by atoms with van der Waals surface area (Å²) in [5.74, 6) is 0.692. The van der Waals surface area contributed by atoms with Crippen molar-refractivity contribution in [3.8, 4) is 5.75 Å². The van der Waals surface area contributed by atoms with Gasteiger partial charge in [-0.1, -0.05) is 54.6 Å². The fraction of sp³-hybridized carbons (Fsp3) is 0.259. The van der Waals surface area contributed by atoms with Crippen LogP contribution in [0.15, 0.2) is 84.0 Å². The Morgan fingerprint density at radius 2 is 1.82 bits per heavy atom. The SMILES string of the molecule is COc1ccc(C2CC(c3ccccc3)=NN2C(=O)CNc2cccc(C(C)OC)c2)cc1. The van der Waals surface area contributed by atoms with Crippen LogP contribution in [0.25, 0.3) is 0 Å². The van der Waals surface area contributed by atoms with Crippen LogP contribution < -0.4 is 10.1 Å². The number of methoxy groups -OCH3 is 2. The van der Waals surface area contributed by atoms with Crippen LogP contribution in [0.5, 0.6) is 5.75 Å². The molecule has 33 heavy (non-hydrogen) atoms. The van der Waals surface area contributed by atoms with Gasteiger partial charge in [0, 0.05) is 19.2 Å². The maximum absolute atomic E-state index is 13.3. The zero-order valence-corrected chi connectivity index (χ0v) is 19.2. The number of amides is 1. The Hall–Kier alpha value is -3.64. The first kappa shape index (κ1) is 22.6. The van der Waals surface area contributed by atoms with Crippen molar-refractivity contribution in [1.29, 1.82) is 0 Å². The quantitative estimate of drug-likeness (QED) is 0.520. The Kier molecular flexibility index (Phi) is 7.05. The Labute approximate surface area is 194 Å². The van der Waals surface area contributed by atoms with Crippen molar-refractivity contribution in [1.82, 2.24) is 5.01 Å². The molecule has 0 spiro atoms. The number of nitrogens with zero attached hydrogens (tertiary/aromatic N) is 2. The van der Waals surface area contributed by atoms with Crippen LogP contribution in [0.4, 0.5) is 5.69 Å². The van der Waals surface area contributed by atoms with Crippen LogP contribution in [0.3, 0.4) is 0 Å². The van der Waals surface area contributed by atoms with Crippen molar-refractivity contribution < 1.29 is 14.3 Å². The van der Waals surface area contributed by atoms with Gasteiger partial charge in [0.05, 0.1) is 31.5 Å². The highest BCUT2D eigenvalue weighted by Crippen LogP contribution is 2.33. The van der Waals surface area contributed by atoms with Crippen molar-refractivity contribution in [3.63, 3.8) is 0 Å². The highest BCUT2D eigenvalue weighted by atomic mass is 16.5. The Bertz CT molecular complexity index is 1110. The number of hydrogen-bond donors (Lipinski definition) is 1. The molecule has 0 aromatic heterocycles. The number of carbonyl (C=O) groups excluding carboxylic acids is 1. The molecule has 3 aromatic rings. The minimum absolute atomic E-state index is 0.0153. The summed E-state index contributed by atoms with van der Waals surface area (Å²) < 4.78 is 10.7. The highest BCUT2D eigenvalue weighted by Gasteiger charge is 2.32. The van der Waals surface area contributed by atoms with Gasteiger partial charge in [-0.15, -0.1) is 0 Å². The third kappa shape index (κ3) is 5.23. The molecule has 2 atom stereocenters. The summed E-state index contributed by atoms with van der Waals surface area (Å²) in [6.07, 6.45) is 0.640. The second kappa shape index (κ2) is 10.3. The van der Waals surface area contributed by atoms with Crippen molar-refractivity contribution in [2.75, 3.05) is 26.1 Å². The molecule has 0 radical (unpaired) electrons. The second-order valence-electron chi connectivity index (χ2n) is 8.00. The van der Waals surface area contributed by atoms with E-state index in [1.807, 2.05) is 85.8 Å². The van der Waals surface area contributed by atoms with Gasteiger partial charge in [0.15, 0.2) is 0 Å². The Balaban J connectivity index is 1.54. The van der Waals surface area contributed by atoms with E-state index in [9.17, 15) is 4.79 Å².